The molecule has 0 unspecified atom stereocenters. The summed E-state index contributed by atoms with van der Waals surface area (Å²) in [5.74, 6) is -0.750. The molecule has 0 saturated heterocycles. The maximum atomic E-state index is 12.5. The number of anilines is 3. The molecule has 0 aliphatic rings. The van der Waals surface area contributed by atoms with Crippen LogP contribution in [0.1, 0.15) is 0 Å². The molecule has 0 bridgehead atoms. The molecule has 1 heterocycles. The lowest BCUT2D eigenvalue weighted by molar-refractivity contribution is -0.114. The van der Waals surface area contributed by atoms with Gasteiger partial charge in [0, 0.05) is 28.1 Å². The highest BCUT2D eigenvalue weighted by atomic mass is 35.5. The molecular weight excluding hydrogens is 513 g/mol. The van der Waals surface area contributed by atoms with Gasteiger partial charge in [-0.3, -0.25) is 9.10 Å². The van der Waals surface area contributed by atoms with E-state index < -0.39 is 32.5 Å². The minimum absolute atomic E-state index is 0.0840. The topological polar surface area (TPSA) is 138 Å². The van der Waals surface area contributed by atoms with E-state index in [1.165, 1.54) is 54.9 Å². The molecule has 0 atom stereocenters. The molecule has 14 heteroatoms. The first kappa shape index (κ1) is 24.7. The number of rotatable bonds is 8. The number of carbonyl (C=O) groups is 1. The van der Waals surface area contributed by atoms with Crippen LogP contribution >= 0.6 is 23.2 Å². The van der Waals surface area contributed by atoms with Crippen molar-refractivity contribution < 1.29 is 21.6 Å². The molecule has 0 saturated carbocycles. The lowest BCUT2D eigenvalue weighted by Gasteiger charge is -2.22. The van der Waals surface area contributed by atoms with Crippen LogP contribution < -0.4 is 14.3 Å². The van der Waals surface area contributed by atoms with E-state index in [2.05, 4.69) is 20.0 Å². The Balaban J connectivity index is 1.73. The van der Waals surface area contributed by atoms with Gasteiger partial charge >= 0.3 is 0 Å². The standard InChI is InChI=1S/C19H17Cl2N5O5S2/c1-32(28,29)26(16-10-13(20)9-14(21)11-16)12-18(27)24-15-3-5-17(6-4-15)33(30,31)25-19-22-7-2-8-23-19/h2-11H,12H2,1H3,(H,24,27)(H,22,23,25). The number of carbonyl (C=O) groups excluding carboxylic acids is 1. The van der Waals surface area contributed by atoms with Crippen molar-refractivity contribution in [3.63, 3.8) is 0 Å². The Morgan fingerprint density at radius 3 is 2.09 bits per heavy atom. The third-order valence-corrected chi connectivity index (χ3v) is 6.98. The van der Waals surface area contributed by atoms with E-state index in [1.54, 1.807) is 6.07 Å². The van der Waals surface area contributed by atoms with Crippen molar-refractivity contribution in [3.05, 3.63) is 71.0 Å². The van der Waals surface area contributed by atoms with Crippen molar-refractivity contribution >= 4 is 66.5 Å². The number of sulfonamides is 2. The smallest absolute Gasteiger partial charge is 0.264 e. The van der Waals surface area contributed by atoms with Gasteiger partial charge < -0.3 is 5.32 Å². The number of hydrogen-bond acceptors (Lipinski definition) is 7. The molecule has 2 N–H and O–H groups in total. The molecule has 0 fully saturated rings. The van der Waals surface area contributed by atoms with Crippen LogP contribution in [0.25, 0.3) is 0 Å². The number of halogens is 2. The van der Waals surface area contributed by atoms with Crippen molar-refractivity contribution in [3.8, 4) is 0 Å². The summed E-state index contributed by atoms with van der Waals surface area (Å²) < 4.78 is 52.4. The SMILES string of the molecule is CS(=O)(=O)N(CC(=O)Nc1ccc(S(=O)(=O)Nc2ncccn2)cc1)c1cc(Cl)cc(Cl)c1. The second-order valence-electron chi connectivity index (χ2n) is 6.65. The lowest BCUT2D eigenvalue weighted by atomic mass is 10.3. The van der Waals surface area contributed by atoms with Crippen LogP contribution in [0.2, 0.25) is 10.0 Å². The normalized spacial score (nSPS) is 11.6. The van der Waals surface area contributed by atoms with Gasteiger partial charge in [0.1, 0.15) is 6.54 Å². The highest BCUT2D eigenvalue weighted by molar-refractivity contribution is 7.92. The Morgan fingerprint density at radius 1 is 0.970 bits per heavy atom. The van der Waals surface area contributed by atoms with Gasteiger partial charge in [-0.2, -0.15) is 0 Å². The molecule has 0 radical (unpaired) electrons. The summed E-state index contributed by atoms with van der Waals surface area (Å²) in [5, 5.41) is 2.93. The fourth-order valence-corrected chi connectivity index (χ4v) is 4.98. The van der Waals surface area contributed by atoms with E-state index in [-0.39, 0.29) is 32.3 Å². The van der Waals surface area contributed by atoms with Gasteiger partial charge in [0.05, 0.1) is 16.8 Å². The average Bonchev–Trinajstić information content (AvgIpc) is 2.71. The number of nitrogens with one attached hydrogen (secondary N) is 2. The van der Waals surface area contributed by atoms with Crippen molar-refractivity contribution in [2.45, 2.75) is 4.90 Å². The predicted molar refractivity (Wildman–Crippen MR) is 127 cm³/mol. The summed E-state index contributed by atoms with van der Waals surface area (Å²) in [7, 11) is -7.78. The summed E-state index contributed by atoms with van der Waals surface area (Å²) in [6.45, 7) is -0.553. The zero-order valence-electron chi connectivity index (χ0n) is 16.9. The van der Waals surface area contributed by atoms with E-state index in [0.29, 0.717) is 0 Å². The molecular formula is C19H17Cl2N5O5S2. The van der Waals surface area contributed by atoms with Crippen molar-refractivity contribution in [2.24, 2.45) is 0 Å². The van der Waals surface area contributed by atoms with Crippen LogP contribution in [0.5, 0.6) is 0 Å². The molecule has 1 aromatic heterocycles. The molecule has 10 nitrogen and oxygen atoms in total. The Labute approximate surface area is 200 Å². The molecule has 2 aromatic carbocycles. The van der Waals surface area contributed by atoms with Gasteiger partial charge in [0.25, 0.3) is 10.0 Å². The summed E-state index contributed by atoms with van der Waals surface area (Å²) in [6.07, 6.45) is 3.72. The zero-order valence-corrected chi connectivity index (χ0v) is 20.1. The minimum Gasteiger partial charge on any atom is -0.325 e. The summed E-state index contributed by atoms with van der Waals surface area (Å²) in [5.41, 5.74) is 0.383. The number of amides is 1. The van der Waals surface area contributed by atoms with E-state index >= 15 is 0 Å². The van der Waals surface area contributed by atoms with Gasteiger partial charge in [-0.05, 0) is 48.5 Å². The largest absolute Gasteiger partial charge is 0.325 e. The Hall–Kier alpha value is -2.93. The van der Waals surface area contributed by atoms with E-state index in [1.807, 2.05) is 0 Å². The van der Waals surface area contributed by atoms with Crippen LogP contribution in [0.15, 0.2) is 65.8 Å². The molecule has 3 aromatic rings. The number of nitrogens with zero attached hydrogens (tertiary/aromatic N) is 3. The third-order valence-electron chi connectivity index (χ3n) is 4.06. The zero-order chi connectivity index (χ0) is 24.2. The van der Waals surface area contributed by atoms with E-state index in [4.69, 9.17) is 23.2 Å². The summed E-state index contributed by atoms with van der Waals surface area (Å²) in [6, 6.07) is 11.0. The summed E-state index contributed by atoms with van der Waals surface area (Å²) in [4.78, 5) is 20.0. The minimum atomic E-state index is -3.94. The van der Waals surface area contributed by atoms with Gasteiger partial charge in [-0.25, -0.2) is 31.5 Å². The van der Waals surface area contributed by atoms with Crippen LogP contribution in [0.3, 0.4) is 0 Å². The third kappa shape index (κ3) is 6.78. The lowest BCUT2D eigenvalue weighted by Crippen LogP contribution is -2.37. The fraction of sp³-hybridized carbons (Fsp3) is 0.105. The molecule has 0 aliphatic carbocycles. The van der Waals surface area contributed by atoms with Gasteiger partial charge in [0.15, 0.2) is 0 Å². The van der Waals surface area contributed by atoms with Crippen LogP contribution in [-0.4, -0.2) is 45.5 Å². The first-order valence-electron chi connectivity index (χ1n) is 9.07. The van der Waals surface area contributed by atoms with Crippen molar-refractivity contribution in [1.82, 2.24) is 9.97 Å². The fourth-order valence-electron chi connectivity index (χ4n) is 2.66. The summed E-state index contributed by atoms with van der Waals surface area (Å²) >= 11 is 11.9. The average molecular weight is 530 g/mol. The first-order valence-corrected chi connectivity index (χ1v) is 13.2. The maximum absolute atomic E-state index is 12.5. The molecule has 33 heavy (non-hydrogen) atoms. The second kappa shape index (κ2) is 9.91. The number of aromatic nitrogens is 2. The van der Waals surface area contributed by atoms with Gasteiger partial charge in [-0.15, -0.1) is 0 Å². The van der Waals surface area contributed by atoms with Gasteiger partial charge in [0.2, 0.25) is 21.9 Å². The molecule has 0 spiro atoms. The first-order chi connectivity index (χ1) is 15.4. The monoisotopic (exact) mass is 529 g/mol. The van der Waals surface area contributed by atoms with E-state index in [0.717, 1.165) is 10.6 Å². The molecule has 174 valence electrons. The van der Waals surface area contributed by atoms with Crippen LogP contribution in [0, 0.1) is 0 Å². The number of hydrogen-bond donors (Lipinski definition) is 2. The van der Waals surface area contributed by atoms with Crippen LogP contribution in [-0.2, 0) is 24.8 Å². The van der Waals surface area contributed by atoms with Crippen molar-refractivity contribution in [2.75, 3.05) is 27.1 Å². The van der Waals surface area contributed by atoms with Crippen molar-refractivity contribution in [1.29, 1.82) is 0 Å². The van der Waals surface area contributed by atoms with Gasteiger partial charge in [-0.1, -0.05) is 23.2 Å². The molecule has 0 aliphatic heterocycles. The van der Waals surface area contributed by atoms with Crippen LogP contribution in [0.4, 0.5) is 17.3 Å². The Morgan fingerprint density at radius 2 is 1.55 bits per heavy atom. The predicted octanol–water partition coefficient (Wildman–Crippen LogP) is 2.99. The number of benzene rings is 2. The Bertz CT molecular complexity index is 1350. The molecule has 1 amide bonds. The quantitative estimate of drug-likeness (QED) is 0.457. The molecule has 3 rings (SSSR count). The Kier molecular flexibility index (Phi) is 7.42. The highest BCUT2D eigenvalue weighted by Crippen LogP contribution is 2.27. The second-order valence-corrected chi connectivity index (χ2v) is 11.1. The highest BCUT2D eigenvalue weighted by Gasteiger charge is 2.22. The maximum Gasteiger partial charge on any atom is 0.264 e. The van der Waals surface area contributed by atoms with E-state index in [9.17, 15) is 21.6 Å².